The molecule has 0 aliphatic carbocycles. The average Bonchev–Trinajstić information content (AvgIpc) is 2.05. The second-order valence-electron chi connectivity index (χ2n) is 3.58. The van der Waals surface area contributed by atoms with Gasteiger partial charge >= 0.3 is 0 Å². The zero-order chi connectivity index (χ0) is 9.03. The highest BCUT2D eigenvalue weighted by atomic mass is 16.7. The van der Waals surface area contributed by atoms with E-state index < -0.39 is 0 Å². The Morgan fingerprint density at radius 2 is 2.08 bits per heavy atom. The Balaban J connectivity index is 0.00000144. The van der Waals surface area contributed by atoms with Crippen molar-refractivity contribution in [2.75, 3.05) is 6.61 Å². The molecule has 1 aliphatic heterocycles. The van der Waals surface area contributed by atoms with E-state index in [1.165, 1.54) is 0 Å². The standard InChI is InChI=1S/C10H20O2.CH4/c1-4-7-10(5-2)11-8-6-9(3)12-10;/h9H,4-8H2,1-3H3;1H4. The Morgan fingerprint density at radius 1 is 1.38 bits per heavy atom. The highest BCUT2D eigenvalue weighted by Crippen LogP contribution is 2.30. The van der Waals surface area contributed by atoms with Crippen molar-refractivity contribution in [1.29, 1.82) is 0 Å². The van der Waals surface area contributed by atoms with Gasteiger partial charge in [0, 0.05) is 6.42 Å². The molecule has 13 heavy (non-hydrogen) atoms. The normalized spacial score (nSPS) is 33.9. The van der Waals surface area contributed by atoms with Gasteiger partial charge in [-0.25, -0.2) is 0 Å². The van der Waals surface area contributed by atoms with Gasteiger partial charge in [0.2, 0.25) is 0 Å². The van der Waals surface area contributed by atoms with Crippen molar-refractivity contribution in [2.24, 2.45) is 0 Å². The zero-order valence-corrected chi connectivity index (χ0v) is 8.43. The van der Waals surface area contributed by atoms with Gasteiger partial charge in [0.05, 0.1) is 12.7 Å². The summed E-state index contributed by atoms with van der Waals surface area (Å²) in [5.74, 6) is -0.258. The lowest BCUT2D eigenvalue weighted by atomic mass is 10.1. The topological polar surface area (TPSA) is 18.5 Å². The lowest BCUT2D eigenvalue weighted by Crippen LogP contribution is -2.43. The maximum Gasteiger partial charge on any atom is 0.168 e. The van der Waals surface area contributed by atoms with E-state index in [9.17, 15) is 0 Å². The summed E-state index contributed by atoms with van der Waals surface area (Å²) in [6, 6.07) is 0. The molecule has 1 saturated heterocycles. The third kappa shape index (κ3) is 3.28. The molecule has 0 N–H and O–H groups in total. The second-order valence-corrected chi connectivity index (χ2v) is 3.58. The number of hydrogen-bond donors (Lipinski definition) is 0. The SMILES string of the molecule is C.CCCC1(CC)OCCC(C)O1. The van der Waals surface area contributed by atoms with Crippen LogP contribution in [-0.2, 0) is 9.47 Å². The van der Waals surface area contributed by atoms with E-state index in [1.807, 2.05) is 0 Å². The summed E-state index contributed by atoms with van der Waals surface area (Å²) >= 11 is 0. The van der Waals surface area contributed by atoms with Crippen molar-refractivity contribution in [3.8, 4) is 0 Å². The van der Waals surface area contributed by atoms with Crippen molar-refractivity contribution in [1.82, 2.24) is 0 Å². The van der Waals surface area contributed by atoms with Gasteiger partial charge in [0.25, 0.3) is 0 Å². The fourth-order valence-corrected chi connectivity index (χ4v) is 1.74. The van der Waals surface area contributed by atoms with Crippen LogP contribution in [0.15, 0.2) is 0 Å². The van der Waals surface area contributed by atoms with Gasteiger partial charge in [-0.3, -0.25) is 0 Å². The van der Waals surface area contributed by atoms with Crippen LogP contribution < -0.4 is 0 Å². The van der Waals surface area contributed by atoms with Gasteiger partial charge in [-0.2, -0.15) is 0 Å². The quantitative estimate of drug-likeness (QED) is 0.676. The predicted molar refractivity (Wildman–Crippen MR) is 55.8 cm³/mol. The van der Waals surface area contributed by atoms with Crippen LogP contribution in [0, 0.1) is 0 Å². The van der Waals surface area contributed by atoms with Gasteiger partial charge in [-0.1, -0.05) is 27.7 Å². The summed E-state index contributed by atoms with van der Waals surface area (Å²) in [7, 11) is 0. The van der Waals surface area contributed by atoms with Crippen LogP contribution in [0.3, 0.4) is 0 Å². The Labute approximate surface area is 82.6 Å². The Morgan fingerprint density at radius 3 is 2.54 bits per heavy atom. The summed E-state index contributed by atoms with van der Waals surface area (Å²) in [6.07, 6.45) is 4.51. The number of ether oxygens (including phenoxy) is 2. The first-order valence-electron chi connectivity index (χ1n) is 5.04. The summed E-state index contributed by atoms with van der Waals surface area (Å²) in [5.41, 5.74) is 0. The first-order valence-corrected chi connectivity index (χ1v) is 5.04. The molecule has 0 radical (unpaired) electrons. The van der Waals surface area contributed by atoms with Gasteiger partial charge < -0.3 is 9.47 Å². The van der Waals surface area contributed by atoms with Gasteiger partial charge in [0.1, 0.15) is 0 Å². The fraction of sp³-hybridized carbons (Fsp3) is 1.00. The van der Waals surface area contributed by atoms with Crippen LogP contribution in [0.5, 0.6) is 0 Å². The minimum absolute atomic E-state index is 0. The Kier molecular flexibility index (Phi) is 5.57. The second kappa shape index (κ2) is 5.61. The van der Waals surface area contributed by atoms with Crippen LogP contribution in [-0.4, -0.2) is 18.5 Å². The lowest BCUT2D eigenvalue weighted by Gasteiger charge is -2.39. The highest BCUT2D eigenvalue weighted by Gasteiger charge is 2.34. The van der Waals surface area contributed by atoms with Crippen molar-refractivity contribution < 1.29 is 9.47 Å². The van der Waals surface area contributed by atoms with Crippen LogP contribution in [0.2, 0.25) is 0 Å². The summed E-state index contributed by atoms with van der Waals surface area (Å²) in [6.45, 7) is 7.29. The Bertz CT molecular complexity index is 132. The third-order valence-electron chi connectivity index (χ3n) is 2.48. The molecule has 0 aromatic rings. The number of hydrogen-bond acceptors (Lipinski definition) is 2. The molecule has 0 saturated carbocycles. The molecule has 2 unspecified atom stereocenters. The van der Waals surface area contributed by atoms with E-state index in [-0.39, 0.29) is 13.2 Å². The van der Waals surface area contributed by atoms with E-state index in [4.69, 9.17) is 9.47 Å². The van der Waals surface area contributed by atoms with Gasteiger partial charge in [-0.15, -0.1) is 0 Å². The molecule has 0 bridgehead atoms. The Hall–Kier alpha value is -0.0800. The van der Waals surface area contributed by atoms with E-state index >= 15 is 0 Å². The van der Waals surface area contributed by atoms with Crippen LogP contribution >= 0.6 is 0 Å². The monoisotopic (exact) mass is 188 g/mol. The molecule has 80 valence electrons. The van der Waals surface area contributed by atoms with Crippen molar-refractivity contribution in [3.63, 3.8) is 0 Å². The van der Waals surface area contributed by atoms with Crippen LogP contribution in [0.25, 0.3) is 0 Å². The molecule has 0 spiro atoms. The predicted octanol–water partition coefficient (Wildman–Crippen LogP) is 3.35. The van der Waals surface area contributed by atoms with E-state index in [1.54, 1.807) is 0 Å². The molecule has 2 nitrogen and oxygen atoms in total. The third-order valence-corrected chi connectivity index (χ3v) is 2.48. The van der Waals surface area contributed by atoms with Crippen molar-refractivity contribution in [2.45, 2.75) is 65.8 Å². The molecular formula is C11H24O2. The summed E-state index contributed by atoms with van der Waals surface area (Å²) in [4.78, 5) is 0. The molecule has 0 aromatic heterocycles. The van der Waals surface area contributed by atoms with Crippen molar-refractivity contribution >= 4 is 0 Å². The molecular weight excluding hydrogens is 164 g/mol. The first kappa shape index (κ1) is 12.9. The van der Waals surface area contributed by atoms with Crippen LogP contribution in [0.4, 0.5) is 0 Å². The fourth-order valence-electron chi connectivity index (χ4n) is 1.74. The van der Waals surface area contributed by atoms with Gasteiger partial charge in [-0.05, 0) is 19.8 Å². The molecule has 0 amide bonds. The largest absolute Gasteiger partial charge is 0.350 e. The molecule has 1 rings (SSSR count). The lowest BCUT2D eigenvalue weighted by molar-refractivity contribution is -0.294. The van der Waals surface area contributed by atoms with E-state index in [0.29, 0.717) is 6.10 Å². The molecule has 2 atom stereocenters. The minimum atomic E-state index is -0.258. The average molecular weight is 188 g/mol. The van der Waals surface area contributed by atoms with Crippen LogP contribution in [0.1, 0.15) is 53.9 Å². The first-order chi connectivity index (χ1) is 5.72. The molecule has 1 fully saturated rings. The highest BCUT2D eigenvalue weighted by molar-refractivity contribution is 4.73. The van der Waals surface area contributed by atoms with Gasteiger partial charge in [0.15, 0.2) is 5.79 Å². The zero-order valence-electron chi connectivity index (χ0n) is 8.43. The number of rotatable bonds is 3. The smallest absolute Gasteiger partial charge is 0.168 e. The summed E-state index contributed by atoms with van der Waals surface area (Å²) < 4.78 is 11.5. The van der Waals surface area contributed by atoms with E-state index in [2.05, 4.69) is 20.8 Å². The minimum Gasteiger partial charge on any atom is -0.350 e. The molecule has 2 heteroatoms. The maximum atomic E-state index is 5.84. The van der Waals surface area contributed by atoms with Crippen molar-refractivity contribution in [3.05, 3.63) is 0 Å². The summed E-state index contributed by atoms with van der Waals surface area (Å²) in [5, 5.41) is 0. The molecule has 1 heterocycles. The maximum absolute atomic E-state index is 5.84. The van der Waals surface area contributed by atoms with E-state index in [0.717, 1.165) is 32.3 Å². The molecule has 1 aliphatic rings. The molecule has 0 aromatic carbocycles.